The minimum Gasteiger partial charge on any atom is -0.496 e. The van der Waals surface area contributed by atoms with Gasteiger partial charge in [0.2, 0.25) is 0 Å². The first kappa shape index (κ1) is 18.8. The quantitative estimate of drug-likeness (QED) is 0.587. The maximum absolute atomic E-state index is 13.1. The van der Waals surface area contributed by atoms with E-state index in [0.717, 1.165) is 18.7 Å². The molecule has 0 spiro atoms. The molecule has 0 saturated carbocycles. The number of carbonyl (C=O) groups is 1. The summed E-state index contributed by atoms with van der Waals surface area (Å²) < 4.78 is 7.58. The lowest BCUT2D eigenvalue weighted by molar-refractivity contribution is 0.0736. The van der Waals surface area contributed by atoms with Gasteiger partial charge in [0.1, 0.15) is 5.75 Å². The topological polar surface area (TPSA) is 34.5 Å². The lowest BCUT2D eigenvalue weighted by atomic mass is 10.1. The lowest BCUT2D eigenvalue weighted by Crippen LogP contribution is -2.32. The second-order valence-corrected chi connectivity index (χ2v) is 6.54. The molecule has 2 aromatic carbocycles. The Labute approximate surface area is 161 Å². The highest BCUT2D eigenvalue weighted by atomic mass is 16.5. The fraction of sp³-hybridized carbons (Fsp3) is 0.261. The number of para-hydroxylation sites is 1. The zero-order valence-electron chi connectivity index (χ0n) is 16.0. The van der Waals surface area contributed by atoms with Crippen molar-refractivity contribution in [3.8, 4) is 5.75 Å². The first-order valence-corrected chi connectivity index (χ1v) is 9.33. The third kappa shape index (κ3) is 4.59. The predicted octanol–water partition coefficient (Wildman–Crippen LogP) is 4.60. The standard InChI is InChI=1S/C23H26N2O2/c1-3-15-25(23(26)21-13-7-8-14-22(21)27-2)18-20-12-9-16-24(20)17-19-10-5-4-6-11-19/h4-14,16H,3,15,17-18H2,1-2H3. The molecular formula is C23H26N2O2. The van der Waals surface area contributed by atoms with Crippen molar-refractivity contribution < 1.29 is 9.53 Å². The highest BCUT2D eigenvalue weighted by molar-refractivity contribution is 5.96. The van der Waals surface area contributed by atoms with Crippen LogP contribution in [0, 0.1) is 0 Å². The normalized spacial score (nSPS) is 10.6. The van der Waals surface area contributed by atoms with Gasteiger partial charge in [0.25, 0.3) is 5.91 Å². The van der Waals surface area contributed by atoms with Crippen LogP contribution in [0.3, 0.4) is 0 Å². The van der Waals surface area contributed by atoms with Gasteiger partial charge >= 0.3 is 0 Å². The van der Waals surface area contributed by atoms with Crippen LogP contribution in [0.1, 0.15) is 35.0 Å². The zero-order valence-corrected chi connectivity index (χ0v) is 16.0. The Morgan fingerprint density at radius 2 is 1.74 bits per heavy atom. The molecule has 1 heterocycles. The van der Waals surface area contributed by atoms with Gasteiger partial charge in [0, 0.05) is 25.0 Å². The molecule has 27 heavy (non-hydrogen) atoms. The average molecular weight is 362 g/mol. The highest BCUT2D eigenvalue weighted by Crippen LogP contribution is 2.21. The summed E-state index contributed by atoms with van der Waals surface area (Å²) in [6.45, 7) is 4.16. The van der Waals surface area contributed by atoms with Gasteiger partial charge in [0.05, 0.1) is 19.2 Å². The maximum atomic E-state index is 13.1. The largest absolute Gasteiger partial charge is 0.496 e. The molecule has 0 atom stereocenters. The Morgan fingerprint density at radius 3 is 2.48 bits per heavy atom. The van der Waals surface area contributed by atoms with Crippen LogP contribution in [0.5, 0.6) is 5.75 Å². The Hall–Kier alpha value is -3.01. The van der Waals surface area contributed by atoms with Crippen molar-refractivity contribution in [2.24, 2.45) is 0 Å². The molecule has 4 nitrogen and oxygen atoms in total. The summed E-state index contributed by atoms with van der Waals surface area (Å²) in [6, 6.07) is 21.9. The summed E-state index contributed by atoms with van der Waals surface area (Å²) in [7, 11) is 1.60. The second kappa shape index (κ2) is 9.08. The summed E-state index contributed by atoms with van der Waals surface area (Å²) in [5.41, 5.74) is 2.97. The zero-order chi connectivity index (χ0) is 19.1. The molecule has 1 amide bonds. The number of carbonyl (C=O) groups excluding carboxylic acids is 1. The summed E-state index contributed by atoms with van der Waals surface area (Å²) >= 11 is 0. The van der Waals surface area contributed by atoms with Crippen LogP contribution >= 0.6 is 0 Å². The van der Waals surface area contributed by atoms with E-state index in [1.165, 1.54) is 5.56 Å². The monoisotopic (exact) mass is 362 g/mol. The minimum atomic E-state index is 0.00163. The fourth-order valence-electron chi connectivity index (χ4n) is 3.24. The van der Waals surface area contributed by atoms with Crippen molar-refractivity contribution in [2.45, 2.75) is 26.4 Å². The van der Waals surface area contributed by atoms with Crippen LogP contribution in [0.4, 0.5) is 0 Å². The van der Waals surface area contributed by atoms with Gasteiger partial charge in [-0.2, -0.15) is 0 Å². The molecule has 0 bridgehead atoms. The molecule has 0 radical (unpaired) electrons. The molecule has 0 unspecified atom stereocenters. The van der Waals surface area contributed by atoms with Crippen molar-refractivity contribution >= 4 is 5.91 Å². The highest BCUT2D eigenvalue weighted by Gasteiger charge is 2.20. The average Bonchev–Trinajstić information content (AvgIpc) is 3.14. The lowest BCUT2D eigenvalue weighted by Gasteiger charge is -2.24. The fourth-order valence-corrected chi connectivity index (χ4v) is 3.24. The Balaban J connectivity index is 1.81. The van der Waals surface area contributed by atoms with Gasteiger partial charge < -0.3 is 14.2 Å². The third-order valence-electron chi connectivity index (χ3n) is 4.59. The number of ether oxygens (including phenoxy) is 1. The first-order valence-electron chi connectivity index (χ1n) is 9.33. The van der Waals surface area contributed by atoms with E-state index in [2.05, 4.69) is 35.9 Å². The van der Waals surface area contributed by atoms with E-state index in [-0.39, 0.29) is 5.91 Å². The van der Waals surface area contributed by atoms with Crippen LogP contribution < -0.4 is 4.74 Å². The van der Waals surface area contributed by atoms with Crippen molar-refractivity contribution in [2.75, 3.05) is 13.7 Å². The van der Waals surface area contributed by atoms with E-state index in [4.69, 9.17) is 4.74 Å². The summed E-state index contributed by atoms with van der Waals surface area (Å²) in [5.74, 6) is 0.616. The molecule has 0 aliphatic heterocycles. The summed E-state index contributed by atoms with van der Waals surface area (Å²) in [5, 5.41) is 0. The SMILES string of the molecule is CCCN(Cc1cccn1Cc1ccccc1)C(=O)c1ccccc1OC. The Kier molecular flexibility index (Phi) is 6.31. The second-order valence-electron chi connectivity index (χ2n) is 6.54. The van der Waals surface area contributed by atoms with Crippen molar-refractivity contribution in [3.63, 3.8) is 0 Å². The molecular weight excluding hydrogens is 336 g/mol. The number of aromatic nitrogens is 1. The molecule has 3 rings (SSSR count). The van der Waals surface area contributed by atoms with E-state index >= 15 is 0 Å². The smallest absolute Gasteiger partial charge is 0.257 e. The van der Waals surface area contributed by atoms with Gasteiger partial charge in [-0.25, -0.2) is 0 Å². The molecule has 0 N–H and O–H groups in total. The summed E-state index contributed by atoms with van der Waals surface area (Å²) in [4.78, 5) is 15.0. The van der Waals surface area contributed by atoms with E-state index in [1.807, 2.05) is 53.4 Å². The minimum absolute atomic E-state index is 0.00163. The van der Waals surface area contributed by atoms with Gasteiger partial charge in [-0.1, -0.05) is 49.4 Å². The van der Waals surface area contributed by atoms with E-state index in [1.54, 1.807) is 7.11 Å². The first-order chi connectivity index (χ1) is 13.2. The molecule has 1 aromatic heterocycles. The maximum Gasteiger partial charge on any atom is 0.257 e. The number of amides is 1. The van der Waals surface area contributed by atoms with Crippen LogP contribution in [-0.2, 0) is 13.1 Å². The molecule has 0 aliphatic carbocycles. The Bertz CT molecular complexity index is 871. The van der Waals surface area contributed by atoms with Gasteiger partial charge in [0.15, 0.2) is 0 Å². The summed E-state index contributed by atoms with van der Waals surface area (Å²) in [6.07, 6.45) is 2.97. The van der Waals surface area contributed by atoms with Crippen molar-refractivity contribution in [3.05, 3.63) is 89.7 Å². The van der Waals surface area contributed by atoms with Crippen molar-refractivity contribution in [1.82, 2.24) is 9.47 Å². The van der Waals surface area contributed by atoms with Gasteiger partial charge in [-0.05, 0) is 36.2 Å². The van der Waals surface area contributed by atoms with E-state index in [0.29, 0.717) is 24.4 Å². The Morgan fingerprint density at radius 1 is 1.00 bits per heavy atom. The van der Waals surface area contributed by atoms with Gasteiger partial charge in [-0.3, -0.25) is 4.79 Å². The number of hydrogen-bond donors (Lipinski definition) is 0. The molecule has 0 aliphatic rings. The molecule has 3 aromatic rings. The molecule has 0 saturated heterocycles. The number of methoxy groups -OCH3 is 1. The van der Waals surface area contributed by atoms with Gasteiger partial charge in [-0.15, -0.1) is 0 Å². The van der Waals surface area contributed by atoms with Crippen LogP contribution in [0.15, 0.2) is 72.9 Å². The number of hydrogen-bond acceptors (Lipinski definition) is 2. The number of benzene rings is 2. The number of nitrogens with zero attached hydrogens (tertiary/aromatic N) is 2. The molecule has 140 valence electrons. The third-order valence-corrected chi connectivity index (χ3v) is 4.59. The van der Waals surface area contributed by atoms with Crippen LogP contribution in [0.2, 0.25) is 0 Å². The van der Waals surface area contributed by atoms with Crippen LogP contribution in [0.25, 0.3) is 0 Å². The molecule has 0 fully saturated rings. The number of rotatable bonds is 8. The van der Waals surface area contributed by atoms with E-state index in [9.17, 15) is 4.79 Å². The van der Waals surface area contributed by atoms with Crippen LogP contribution in [-0.4, -0.2) is 29.0 Å². The molecule has 4 heteroatoms. The van der Waals surface area contributed by atoms with Crippen molar-refractivity contribution in [1.29, 1.82) is 0 Å². The van der Waals surface area contributed by atoms with E-state index < -0.39 is 0 Å². The predicted molar refractivity (Wildman–Crippen MR) is 108 cm³/mol.